The lowest BCUT2D eigenvalue weighted by atomic mass is 9.83. The summed E-state index contributed by atoms with van der Waals surface area (Å²) in [4.78, 5) is 14.0. The van der Waals surface area contributed by atoms with Gasteiger partial charge in [0.2, 0.25) is 5.91 Å². The highest BCUT2D eigenvalue weighted by Gasteiger charge is 2.35. The van der Waals surface area contributed by atoms with E-state index >= 15 is 0 Å². The van der Waals surface area contributed by atoms with Crippen LogP contribution in [0.4, 0.5) is 0 Å². The van der Waals surface area contributed by atoms with Crippen molar-refractivity contribution in [1.82, 2.24) is 4.90 Å². The van der Waals surface area contributed by atoms with Crippen LogP contribution in [0.2, 0.25) is 0 Å². The van der Waals surface area contributed by atoms with Gasteiger partial charge in [0.25, 0.3) is 0 Å². The van der Waals surface area contributed by atoms with Crippen LogP contribution in [-0.2, 0) is 4.79 Å². The first-order chi connectivity index (χ1) is 8.24. The summed E-state index contributed by atoms with van der Waals surface area (Å²) in [5.74, 6) is 1.68. The first-order valence-electron chi connectivity index (χ1n) is 7.24. The first kappa shape index (κ1) is 12.9. The zero-order valence-corrected chi connectivity index (χ0v) is 11.0. The van der Waals surface area contributed by atoms with Gasteiger partial charge in [0.1, 0.15) is 0 Å². The van der Waals surface area contributed by atoms with Crippen molar-refractivity contribution < 1.29 is 4.79 Å². The molecule has 17 heavy (non-hydrogen) atoms. The molecule has 0 spiro atoms. The summed E-state index contributed by atoms with van der Waals surface area (Å²) in [5.41, 5.74) is 5.67. The summed E-state index contributed by atoms with van der Waals surface area (Å²) in [6.45, 7) is 3.84. The number of hydrogen-bond acceptors (Lipinski definition) is 2. The van der Waals surface area contributed by atoms with Gasteiger partial charge in [-0.05, 0) is 44.1 Å². The van der Waals surface area contributed by atoms with Crippen molar-refractivity contribution in [2.75, 3.05) is 13.1 Å². The smallest absolute Gasteiger partial charge is 0.223 e. The van der Waals surface area contributed by atoms with Crippen molar-refractivity contribution in [3.05, 3.63) is 0 Å². The fourth-order valence-corrected chi connectivity index (χ4v) is 3.47. The Labute approximate surface area is 105 Å². The number of nitrogens with two attached hydrogens (primary N) is 1. The Hall–Kier alpha value is -0.570. The molecule has 0 aromatic heterocycles. The van der Waals surface area contributed by atoms with Gasteiger partial charge in [-0.2, -0.15) is 0 Å². The van der Waals surface area contributed by atoms with Crippen LogP contribution >= 0.6 is 0 Å². The van der Waals surface area contributed by atoms with Crippen LogP contribution in [-0.4, -0.2) is 29.9 Å². The largest absolute Gasteiger partial charge is 0.339 e. The van der Waals surface area contributed by atoms with Gasteiger partial charge in [0.05, 0.1) is 0 Å². The van der Waals surface area contributed by atoms with E-state index in [1.165, 1.54) is 38.5 Å². The molecule has 2 N–H and O–H groups in total. The van der Waals surface area contributed by atoms with Crippen LogP contribution in [0.5, 0.6) is 0 Å². The molecule has 1 aliphatic carbocycles. The molecule has 98 valence electrons. The summed E-state index contributed by atoms with van der Waals surface area (Å²) < 4.78 is 0. The number of amides is 1. The summed E-state index contributed by atoms with van der Waals surface area (Å²) in [6.07, 6.45) is 8.41. The van der Waals surface area contributed by atoms with Gasteiger partial charge in [-0.25, -0.2) is 0 Å². The zero-order chi connectivity index (χ0) is 12.3. The SMILES string of the molecule is CCCC1CCC(N2CC(CN)CC2=O)CC1. The second kappa shape index (κ2) is 5.85. The average molecular weight is 238 g/mol. The normalized spacial score (nSPS) is 34.4. The first-order valence-corrected chi connectivity index (χ1v) is 7.24. The minimum atomic E-state index is 0.347. The number of carbonyl (C=O) groups is 1. The number of hydrogen-bond donors (Lipinski definition) is 1. The van der Waals surface area contributed by atoms with E-state index in [0.717, 1.165) is 12.5 Å². The molecular formula is C14H26N2O. The Kier molecular flexibility index (Phi) is 4.43. The minimum Gasteiger partial charge on any atom is -0.339 e. The quantitative estimate of drug-likeness (QED) is 0.815. The molecule has 0 bridgehead atoms. The Bertz CT molecular complexity index is 259. The number of nitrogens with zero attached hydrogens (tertiary/aromatic N) is 1. The fourth-order valence-electron chi connectivity index (χ4n) is 3.47. The van der Waals surface area contributed by atoms with Gasteiger partial charge in [-0.3, -0.25) is 4.79 Å². The maximum Gasteiger partial charge on any atom is 0.223 e. The van der Waals surface area contributed by atoms with Gasteiger partial charge in [0.15, 0.2) is 0 Å². The molecule has 1 heterocycles. The predicted octanol–water partition coefficient (Wildman–Crippen LogP) is 2.15. The fraction of sp³-hybridized carbons (Fsp3) is 0.929. The topological polar surface area (TPSA) is 46.3 Å². The lowest BCUT2D eigenvalue weighted by molar-refractivity contribution is -0.130. The number of carbonyl (C=O) groups excluding carboxylic acids is 1. The predicted molar refractivity (Wildman–Crippen MR) is 69.5 cm³/mol. The summed E-state index contributed by atoms with van der Waals surface area (Å²) in [7, 11) is 0. The van der Waals surface area contributed by atoms with E-state index in [-0.39, 0.29) is 0 Å². The second-order valence-corrected chi connectivity index (χ2v) is 5.82. The lowest BCUT2D eigenvalue weighted by Crippen LogP contribution is -2.39. The standard InChI is InChI=1S/C14H26N2O/c1-2-3-11-4-6-13(7-5-11)16-10-12(9-15)8-14(16)17/h11-13H,2-10,15H2,1H3. The monoisotopic (exact) mass is 238 g/mol. The molecule has 0 aromatic rings. The molecule has 1 unspecified atom stereocenters. The van der Waals surface area contributed by atoms with Crippen LogP contribution in [0.15, 0.2) is 0 Å². The van der Waals surface area contributed by atoms with E-state index < -0.39 is 0 Å². The lowest BCUT2D eigenvalue weighted by Gasteiger charge is -2.34. The molecule has 0 radical (unpaired) electrons. The van der Waals surface area contributed by atoms with Crippen molar-refractivity contribution in [3.63, 3.8) is 0 Å². The highest BCUT2D eigenvalue weighted by Crippen LogP contribution is 2.33. The molecule has 3 nitrogen and oxygen atoms in total. The molecular weight excluding hydrogens is 212 g/mol. The van der Waals surface area contributed by atoms with Crippen molar-refractivity contribution in [2.24, 2.45) is 17.6 Å². The Morgan fingerprint density at radius 3 is 2.47 bits per heavy atom. The number of likely N-dealkylation sites (tertiary alicyclic amines) is 1. The number of rotatable bonds is 4. The van der Waals surface area contributed by atoms with Crippen molar-refractivity contribution >= 4 is 5.91 Å². The van der Waals surface area contributed by atoms with E-state index in [1.54, 1.807) is 0 Å². The average Bonchev–Trinajstić information content (AvgIpc) is 2.72. The Balaban J connectivity index is 1.82. The van der Waals surface area contributed by atoms with Crippen molar-refractivity contribution in [2.45, 2.75) is 57.9 Å². The third kappa shape index (κ3) is 3.01. The Morgan fingerprint density at radius 2 is 1.94 bits per heavy atom. The summed E-state index contributed by atoms with van der Waals surface area (Å²) in [5, 5.41) is 0. The van der Waals surface area contributed by atoms with Gasteiger partial charge in [-0.1, -0.05) is 19.8 Å². The van der Waals surface area contributed by atoms with Crippen LogP contribution < -0.4 is 5.73 Å². The van der Waals surface area contributed by atoms with Crippen molar-refractivity contribution in [1.29, 1.82) is 0 Å². The van der Waals surface area contributed by atoms with Crippen molar-refractivity contribution in [3.8, 4) is 0 Å². The highest BCUT2D eigenvalue weighted by molar-refractivity contribution is 5.79. The van der Waals surface area contributed by atoms with E-state index in [1.807, 2.05) is 0 Å². The van der Waals surface area contributed by atoms with Gasteiger partial charge >= 0.3 is 0 Å². The molecule has 1 amide bonds. The molecule has 1 saturated carbocycles. The van der Waals surface area contributed by atoms with Gasteiger partial charge < -0.3 is 10.6 Å². The maximum atomic E-state index is 11.9. The molecule has 3 heteroatoms. The third-order valence-electron chi connectivity index (χ3n) is 4.53. The maximum absolute atomic E-state index is 11.9. The molecule has 1 saturated heterocycles. The molecule has 1 atom stereocenters. The molecule has 2 aliphatic rings. The van der Waals surface area contributed by atoms with Crippen LogP contribution in [0.25, 0.3) is 0 Å². The highest BCUT2D eigenvalue weighted by atomic mass is 16.2. The van der Waals surface area contributed by atoms with Crippen LogP contribution in [0, 0.1) is 11.8 Å². The molecule has 0 aromatic carbocycles. The molecule has 2 rings (SSSR count). The van der Waals surface area contributed by atoms with Gasteiger partial charge in [-0.15, -0.1) is 0 Å². The Morgan fingerprint density at radius 1 is 1.24 bits per heavy atom. The third-order valence-corrected chi connectivity index (χ3v) is 4.53. The van der Waals surface area contributed by atoms with E-state index in [0.29, 0.717) is 30.8 Å². The van der Waals surface area contributed by atoms with Crippen LogP contribution in [0.1, 0.15) is 51.9 Å². The van der Waals surface area contributed by atoms with Crippen LogP contribution in [0.3, 0.4) is 0 Å². The van der Waals surface area contributed by atoms with E-state index in [4.69, 9.17) is 5.73 Å². The molecule has 2 fully saturated rings. The molecule has 1 aliphatic heterocycles. The summed E-state index contributed by atoms with van der Waals surface area (Å²) >= 11 is 0. The zero-order valence-electron chi connectivity index (χ0n) is 11.0. The summed E-state index contributed by atoms with van der Waals surface area (Å²) in [6, 6.07) is 0.521. The second-order valence-electron chi connectivity index (χ2n) is 5.82. The van der Waals surface area contributed by atoms with E-state index in [9.17, 15) is 4.79 Å². The van der Waals surface area contributed by atoms with E-state index in [2.05, 4.69) is 11.8 Å². The minimum absolute atomic E-state index is 0.347. The van der Waals surface area contributed by atoms with Gasteiger partial charge in [0, 0.05) is 19.0 Å².